The summed E-state index contributed by atoms with van der Waals surface area (Å²) in [5.41, 5.74) is 6.43. The second-order valence-corrected chi connectivity index (χ2v) is 6.36. The summed E-state index contributed by atoms with van der Waals surface area (Å²) in [5, 5.41) is 0. The van der Waals surface area contributed by atoms with E-state index in [-0.39, 0.29) is 5.54 Å². The largest absolute Gasteiger partial charge is 0.376 e. The van der Waals surface area contributed by atoms with Crippen molar-refractivity contribution in [2.24, 2.45) is 5.73 Å². The first kappa shape index (κ1) is 15.2. The monoisotopic (exact) mass is 269 g/mol. The Bertz CT molecular complexity index is 287. The van der Waals surface area contributed by atoms with Gasteiger partial charge in [0.1, 0.15) is 0 Å². The minimum atomic E-state index is 0.196. The van der Waals surface area contributed by atoms with Gasteiger partial charge in [0.25, 0.3) is 0 Å². The lowest BCUT2D eigenvalue weighted by Gasteiger charge is -2.50. The van der Waals surface area contributed by atoms with E-state index < -0.39 is 0 Å². The SMILES string of the molecule is CCN1CCCC(CN)(N2CC(C)OCC2C)CC1. The molecule has 0 aromatic carbocycles. The van der Waals surface area contributed by atoms with Gasteiger partial charge in [-0.15, -0.1) is 0 Å². The van der Waals surface area contributed by atoms with Gasteiger partial charge in [-0.3, -0.25) is 4.90 Å². The Morgan fingerprint density at radius 3 is 2.74 bits per heavy atom. The van der Waals surface area contributed by atoms with Crippen molar-refractivity contribution in [3.05, 3.63) is 0 Å². The summed E-state index contributed by atoms with van der Waals surface area (Å²) in [6, 6.07) is 0.493. The number of ether oxygens (including phenoxy) is 1. The highest BCUT2D eigenvalue weighted by atomic mass is 16.5. The number of likely N-dealkylation sites (tertiary alicyclic amines) is 1. The number of hydrogen-bond acceptors (Lipinski definition) is 4. The highest BCUT2D eigenvalue weighted by Gasteiger charge is 2.41. The van der Waals surface area contributed by atoms with Crippen LogP contribution in [0.1, 0.15) is 40.0 Å². The summed E-state index contributed by atoms with van der Waals surface area (Å²) in [6.07, 6.45) is 4.04. The molecule has 2 aliphatic heterocycles. The Labute approximate surface area is 118 Å². The van der Waals surface area contributed by atoms with Crippen molar-refractivity contribution in [1.29, 1.82) is 0 Å². The standard InChI is InChI=1S/C15H31N3O/c1-4-17-8-5-6-15(12-16,7-9-17)18-10-14(3)19-11-13(18)2/h13-14H,4-12,16H2,1-3H3. The predicted octanol–water partition coefficient (Wildman–Crippen LogP) is 1.30. The fourth-order valence-electron chi connectivity index (χ4n) is 3.72. The molecule has 0 amide bonds. The van der Waals surface area contributed by atoms with E-state index in [2.05, 4.69) is 30.6 Å². The van der Waals surface area contributed by atoms with E-state index in [0.717, 1.165) is 26.2 Å². The number of rotatable bonds is 3. The minimum absolute atomic E-state index is 0.196. The Morgan fingerprint density at radius 2 is 2.05 bits per heavy atom. The lowest BCUT2D eigenvalue weighted by atomic mass is 9.86. The van der Waals surface area contributed by atoms with Gasteiger partial charge in [-0.2, -0.15) is 0 Å². The molecule has 0 saturated carbocycles. The van der Waals surface area contributed by atoms with Crippen molar-refractivity contribution in [1.82, 2.24) is 9.80 Å². The number of nitrogens with two attached hydrogens (primary N) is 1. The first-order valence-electron chi connectivity index (χ1n) is 7.92. The zero-order valence-corrected chi connectivity index (χ0v) is 12.9. The van der Waals surface area contributed by atoms with Crippen molar-refractivity contribution in [3.8, 4) is 0 Å². The molecule has 0 aromatic heterocycles. The van der Waals surface area contributed by atoms with Crippen LogP contribution >= 0.6 is 0 Å². The van der Waals surface area contributed by atoms with Gasteiger partial charge >= 0.3 is 0 Å². The van der Waals surface area contributed by atoms with Crippen LogP contribution in [0.2, 0.25) is 0 Å². The maximum Gasteiger partial charge on any atom is 0.0675 e. The molecule has 2 aliphatic rings. The summed E-state index contributed by atoms with van der Waals surface area (Å²) in [6.45, 7) is 13.0. The Kier molecular flexibility index (Phi) is 5.23. The normalized spacial score (nSPS) is 39.2. The number of hydrogen-bond donors (Lipinski definition) is 1. The first-order valence-corrected chi connectivity index (χ1v) is 7.92. The van der Waals surface area contributed by atoms with Crippen LogP contribution < -0.4 is 5.73 Å². The molecule has 3 unspecified atom stereocenters. The predicted molar refractivity (Wildman–Crippen MR) is 79.3 cm³/mol. The van der Waals surface area contributed by atoms with Crippen molar-refractivity contribution in [2.75, 3.05) is 39.3 Å². The molecule has 19 heavy (non-hydrogen) atoms. The van der Waals surface area contributed by atoms with Gasteiger partial charge in [0, 0.05) is 24.7 Å². The molecule has 0 aliphatic carbocycles. The molecule has 2 rings (SSSR count). The van der Waals surface area contributed by atoms with Crippen LogP contribution in [0.25, 0.3) is 0 Å². The van der Waals surface area contributed by atoms with Crippen LogP contribution in [-0.4, -0.2) is 66.8 Å². The zero-order chi connectivity index (χ0) is 13.9. The smallest absolute Gasteiger partial charge is 0.0675 e. The molecule has 4 nitrogen and oxygen atoms in total. The molecule has 4 heteroatoms. The minimum Gasteiger partial charge on any atom is -0.376 e. The summed E-state index contributed by atoms with van der Waals surface area (Å²) in [7, 11) is 0. The Hall–Kier alpha value is -0.160. The average molecular weight is 269 g/mol. The van der Waals surface area contributed by atoms with E-state index in [4.69, 9.17) is 10.5 Å². The van der Waals surface area contributed by atoms with Crippen LogP contribution in [-0.2, 0) is 4.74 Å². The molecule has 0 radical (unpaired) electrons. The van der Waals surface area contributed by atoms with Crippen molar-refractivity contribution in [3.63, 3.8) is 0 Å². The van der Waals surface area contributed by atoms with Gasteiger partial charge in [-0.25, -0.2) is 0 Å². The Morgan fingerprint density at radius 1 is 1.26 bits per heavy atom. The van der Waals surface area contributed by atoms with Crippen molar-refractivity contribution >= 4 is 0 Å². The molecule has 0 bridgehead atoms. The van der Waals surface area contributed by atoms with Crippen LogP contribution in [0.15, 0.2) is 0 Å². The molecule has 3 atom stereocenters. The van der Waals surface area contributed by atoms with Gasteiger partial charge in [0.05, 0.1) is 12.7 Å². The van der Waals surface area contributed by atoms with Crippen LogP contribution in [0.4, 0.5) is 0 Å². The molecule has 2 N–H and O–H groups in total. The molecule has 2 heterocycles. The molecular formula is C15H31N3O. The molecule has 112 valence electrons. The molecular weight excluding hydrogens is 238 g/mol. The van der Waals surface area contributed by atoms with Crippen molar-refractivity contribution < 1.29 is 4.74 Å². The topological polar surface area (TPSA) is 41.7 Å². The van der Waals surface area contributed by atoms with E-state index in [1.165, 1.54) is 32.4 Å². The molecule has 2 fully saturated rings. The third kappa shape index (κ3) is 3.30. The highest BCUT2D eigenvalue weighted by Crippen LogP contribution is 2.32. The number of nitrogens with zero attached hydrogens (tertiary/aromatic N) is 2. The average Bonchev–Trinajstić information content (AvgIpc) is 2.64. The highest BCUT2D eigenvalue weighted by molar-refractivity contribution is 4.98. The van der Waals surface area contributed by atoms with Gasteiger partial charge < -0.3 is 15.4 Å². The molecule has 2 saturated heterocycles. The van der Waals surface area contributed by atoms with Gasteiger partial charge in [-0.05, 0) is 52.7 Å². The lowest BCUT2D eigenvalue weighted by molar-refractivity contribution is -0.0961. The van der Waals surface area contributed by atoms with E-state index in [0.29, 0.717) is 12.1 Å². The third-order valence-corrected chi connectivity index (χ3v) is 5.05. The van der Waals surface area contributed by atoms with E-state index in [1.54, 1.807) is 0 Å². The maximum absolute atomic E-state index is 6.23. The van der Waals surface area contributed by atoms with Gasteiger partial charge in [0.15, 0.2) is 0 Å². The van der Waals surface area contributed by atoms with Crippen LogP contribution in [0, 0.1) is 0 Å². The summed E-state index contributed by atoms with van der Waals surface area (Å²) >= 11 is 0. The van der Waals surface area contributed by atoms with E-state index in [1.807, 2.05) is 0 Å². The quantitative estimate of drug-likeness (QED) is 0.838. The second-order valence-electron chi connectivity index (χ2n) is 6.36. The zero-order valence-electron chi connectivity index (χ0n) is 12.9. The second kappa shape index (κ2) is 6.53. The summed E-state index contributed by atoms with van der Waals surface area (Å²) in [5.74, 6) is 0. The molecule has 0 aromatic rings. The molecule has 0 spiro atoms. The third-order valence-electron chi connectivity index (χ3n) is 5.05. The van der Waals surface area contributed by atoms with Crippen LogP contribution in [0.5, 0.6) is 0 Å². The fourth-order valence-corrected chi connectivity index (χ4v) is 3.72. The summed E-state index contributed by atoms with van der Waals surface area (Å²) < 4.78 is 5.78. The van der Waals surface area contributed by atoms with E-state index >= 15 is 0 Å². The maximum atomic E-state index is 6.23. The summed E-state index contributed by atoms with van der Waals surface area (Å²) in [4.78, 5) is 5.21. The van der Waals surface area contributed by atoms with Gasteiger partial charge in [0.2, 0.25) is 0 Å². The van der Waals surface area contributed by atoms with Crippen LogP contribution in [0.3, 0.4) is 0 Å². The number of morpholine rings is 1. The Balaban J connectivity index is 2.11. The van der Waals surface area contributed by atoms with Crippen molar-refractivity contribution in [2.45, 2.75) is 57.7 Å². The first-order chi connectivity index (χ1) is 9.11. The fraction of sp³-hybridized carbons (Fsp3) is 1.00. The van der Waals surface area contributed by atoms with Gasteiger partial charge in [-0.1, -0.05) is 6.92 Å². The lowest BCUT2D eigenvalue weighted by Crippen LogP contribution is -2.62. The van der Waals surface area contributed by atoms with E-state index in [9.17, 15) is 0 Å².